The molecule has 9 heteroatoms. The number of aromatic nitrogens is 6. The number of tetrazole rings is 1. The number of hydrogen-bond donors (Lipinski definition) is 0. The number of rotatable bonds is 4. The fourth-order valence-electron chi connectivity index (χ4n) is 2.59. The van der Waals surface area contributed by atoms with E-state index in [1.54, 1.807) is 22.7 Å². The minimum absolute atomic E-state index is 0.445. The van der Waals surface area contributed by atoms with Gasteiger partial charge in [-0.05, 0) is 53.4 Å². The predicted octanol–water partition coefficient (Wildman–Crippen LogP) is 4.20. The van der Waals surface area contributed by atoms with E-state index in [0.717, 1.165) is 39.1 Å². The van der Waals surface area contributed by atoms with Crippen LogP contribution in [-0.4, -0.2) is 30.2 Å². The molecule has 0 spiro atoms. The minimum Gasteiger partial charge on any atom is -0.226 e. The van der Waals surface area contributed by atoms with Crippen LogP contribution in [0.3, 0.4) is 0 Å². The average Bonchev–Trinajstić information content (AvgIpc) is 2.99. The van der Waals surface area contributed by atoms with Crippen molar-refractivity contribution in [2.75, 3.05) is 0 Å². The lowest BCUT2D eigenvalue weighted by Crippen LogP contribution is -1.99. The van der Waals surface area contributed by atoms with Crippen molar-refractivity contribution in [1.82, 2.24) is 30.2 Å². The lowest BCUT2D eigenvalue weighted by molar-refractivity contribution is 0.565. The van der Waals surface area contributed by atoms with Gasteiger partial charge in [0.2, 0.25) is 5.16 Å². The van der Waals surface area contributed by atoms with E-state index < -0.39 is 0 Å². The Morgan fingerprint density at radius 3 is 2.96 bits per heavy atom. The second-order valence-corrected chi connectivity index (χ2v) is 8.38. The van der Waals surface area contributed by atoms with Crippen LogP contribution in [0.5, 0.6) is 0 Å². The maximum absolute atomic E-state index is 4.69. The Kier molecular flexibility index (Phi) is 3.39. The Bertz CT molecular complexity index is 1020. The highest BCUT2D eigenvalue weighted by atomic mass is 32.2. The summed E-state index contributed by atoms with van der Waals surface area (Å²) in [7, 11) is 0. The normalized spacial score (nSPS) is 14.5. The molecule has 1 aliphatic carbocycles. The molecule has 24 heavy (non-hydrogen) atoms. The SMILES string of the molecule is Cc1nc(Sc2nnnn2C2CC2)c2c(-c3cccs3)csc2n1. The highest BCUT2D eigenvalue weighted by Gasteiger charge is 2.29. The van der Waals surface area contributed by atoms with Crippen LogP contribution in [0, 0.1) is 6.92 Å². The third-order valence-corrected chi connectivity index (χ3v) is 6.56. The minimum atomic E-state index is 0.445. The summed E-state index contributed by atoms with van der Waals surface area (Å²) in [6, 6.07) is 4.65. The second-order valence-electron chi connectivity index (χ2n) is 5.62. The maximum Gasteiger partial charge on any atom is 0.215 e. The number of aryl methyl sites for hydroxylation is 1. The largest absolute Gasteiger partial charge is 0.226 e. The highest BCUT2D eigenvalue weighted by Crippen LogP contribution is 2.43. The van der Waals surface area contributed by atoms with Gasteiger partial charge in [0.15, 0.2) is 0 Å². The molecule has 0 N–H and O–H groups in total. The van der Waals surface area contributed by atoms with E-state index in [9.17, 15) is 0 Å². The van der Waals surface area contributed by atoms with Crippen LogP contribution in [0.25, 0.3) is 20.7 Å². The Morgan fingerprint density at radius 2 is 2.17 bits per heavy atom. The van der Waals surface area contributed by atoms with Gasteiger partial charge in [-0.15, -0.1) is 27.8 Å². The summed E-state index contributed by atoms with van der Waals surface area (Å²) in [4.78, 5) is 11.5. The zero-order chi connectivity index (χ0) is 16.1. The van der Waals surface area contributed by atoms with Gasteiger partial charge in [0.25, 0.3) is 0 Å². The summed E-state index contributed by atoms with van der Waals surface area (Å²) in [6.07, 6.45) is 2.30. The Balaban J connectivity index is 1.66. The number of nitrogens with zero attached hydrogens (tertiary/aromatic N) is 6. The molecule has 6 nitrogen and oxygen atoms in total. The quantitative estimate of drug-likeness (QED) is 0.500. The van der Waals surface area contributed by atoms with Crippen molar-refractivity contribution in [2.45, 2.75) is 36.0 Å². The van der Waals surface area contributed by atoms with Gasteiger partial charge in [0, 0.05) is 15.8 Å². The van der Waals surface area contributed by atoms with Crippen LogP contribution < -0.4 is 0 Å². The van der Waals surface area contributed by atoms with E-state index in [0.29, 0.717) is 6.04 Å². The standard InChI is InChI=1S/C15H12N6S3/c1-8-16-13-12(10(7-23-13)11-3-2-6-22-11)14(17-8)24-15-18-19-20-21(15)9-4-5-9/h2-3,6-7,9H,4-5H2,1H3. The molecule has 0 atom stereocenters. The van der Waals surface area contributed by atoms with Gasteiger partial charge in [-0.1, -0.05) is 6.07 Å². The van der Waals surface area contributed by atoms with Gasteiger partial charge in [-0.3, -0.25) is 0 Å². The van der Waals surface area contributed by atoms with Crippen molar-refractivity contribution in [3.63, 3.8) is 0 Å². The topological polar surface area (TPSA) is 69.4 Å². The van der Waals surface area contributed by atoms with E-state index in [1.165, 1.54) is 22.2 Å². The zero-order valence-corrected chi connectivity index (χ0v) is 15.2. The van der Waals surface area contributed by atoms with Gasteiger partial charge < -0.3 is 0 Å². The molecular formula is C15H12N6S3. The van der Waals surface area contributed by atoms with Crippen molar-refractivity contribution >= 4 is 44.7 Å². The molecule has 5 rings (SSSR count). The molecule has 0 amide bonds. The smallest absolute Gasteiger partial charge is 0.215 e. The molecule has 0 unspecified atom stereocenters. The van der Waals surface area contributed by atoms with Crippen LogP contribution in [0.1, 0.15) is 24.7 Å². The molecule has 0 aromatic carbocycles. The van der Waals surface area contributed by atoms with E-state index in [2.05, 4.69) is 43.4 Å². The van der Waals surface area contributed by atoms with E-state index in [-0.39, 0.29) is 0 Å². The summed E-state index contributed by atoms with van der Waals surface area (Å²) >= 11 is 4.93. The molecule has 0 bridgehead atoms. The molecule has 4 aromatic heterocycles. The molecule has 4 heterocycles. The predicted molar refractivity (Wildman–Crippen MR) is 95.7 cm³/mol. The fraction of sp³-hybridized carbons (Fsp3) is 0.267. The first-order valence-electron chi connectivity index (χ1n) is 7.55. The van der Waals surface area contributed by atoms with E-state index >= 15 is 0 Å². The molecule has 1 saturated carbocycles. The molecule has 1 aliphatic rings. The summed E-state index contributed by atoms with van der Waals surface area (Å²) in [5.41, 5.74) is 1.19. The van der Waals surface area contributed by atoms with Crippen LogP contribution >= 0.6 is 34.4 Å². The molecule has 0 aliphatic heterocycles. The van der Waals surface area contributed by atoms with Crippen molar-refractivity contribution in [2.24, 2.45) is 0 Å². The number of thiophene rings is 2. The van der Waals surface area contributed by atoms with Gasteiger partial charge in [0.05, 0.1) is 11.4 Å². The molecule has 1 fully saturated rings. The Morgan fingerprint density at radius 1 is 1.25 bits per heavy atom. The first kappa shape index (κ1) is 14.5. The van der Waals surface area contributed by atoms with Crippen molar-refractivity contribution in [1.29, 1.82) is 0 Å². The molecule has 0 saturated heterocycles. The van der Waals surface area contributed by atoms with Crippen LogP contribution in [-0.2, 0) is 0 Å². The van der Waals surface area contributed by atoms with E-state index in [1.807, 2.05) is 11.6 Å². The lowest BCUT2D eigenvalue weighted by atomic mass is 10.2. The summed E-state index contributed by atoms with van der Waals surface area (Å²) in [6.45, 7) is 1.93. The average molecular weight is 373 g/mol. The van der Waals surface area contributed by atoms with E-state index in [4.69, 9.17) is 4.98 Å². The summed E-state index contributed by atoms with van der Waals surface area (Å²) in [5, 5.41) is 19.3. The maximum atomic E-state index is 4.69. The lowest BCUT2D eigenvalue weighted by Gasteiger charge is -2.05. The van der Waals surface area contributed by atoms with Crippen LogP contribution in [0.4, 0.5) is 0 Å². The molecule has 0 radical (unpaired) electrons. The highest BCUT2D eigenvalue weighted by molar-refractivity contribution is 7.99. The number of fused-ring (bicyclic) bond motifs is 1. The Labute approximate surface area is 150 Å². The zero-order valence-electron chi connectivity index (χ0n) is 12.7. The van der Waals surface area contributed by atoms with Crippen molar-refractivity contribution in [3.8, 4) is 10.4 Å². The third-order valence-electron chi connectivity index (χ3n) is 3.84. The summed E-state index contributed by atoms with van der Waals surface area (Å²) < 4.78 is 1.92. The van der Waals surface area contributed by atoms with Crippen LogP contribution in [0.2, 0.25) is 0 Å². The monoisotopic (exact) mass is 372 g/mol. The third kappa shape index (κ3) is 2.43. The van der Waals surface area contributed by atoms with Gasteiger partial charge in [-0.2, -0.15) is 0 Å². The van der Waals surface area contributed by atoms with Gasteiger partial charge >= 0.3 is 0 Å². The second kappa shape index (κ2) is 5.61. The summed E-state index contributed by atoms with van der Waals surface area (Å²) in [5.74, 6) is 0.773. The van der Waals surface area contributed by atoms with Crippen LogP contribution in [0.15, 0.2) is 33.1 Å². The first-order chi connectivity index (χ1) is 11.8. The Hall–Kier alpha value is -1.84. The number of hydrogen-bond acceptors (Lipinski definition) is 8. The van der Waals surface area contributed by atoms with Gasteiger partial charge in [-0.25, -0.2) is 14.6 Å². The van der Waals surface area contributed by atoms with Crippen molar-refractivity contribution < 1.29 is 0 Å². The first-order valence-corrected chi connectivity index (χ1v) is 10.1. The molecule has 4 aromatic rings. The molecule has 120 valence electrons. The van der Waals surface area contributed by atoms with Crippen molar-refractivity contribution in [3.05, 3.63) is 28.7 Å². The van der Waals surface area contributed by atoms with Gasteiger partial charge in [0.1, 0.15) is 15.7 Å². The molecular weight excluding hydrogens is 360 g/mol. The fourth-order valence-corrected chi connectivity index (χ4v) is 5.47.